The Labute approximate surface area is 164 Å². The normalized spacial score (nSPS) is 44.0. The number of carbonyl (C=O) groups excluding carboxylic acids is 2. The second kappa shape index (κ2) is 7.67. The van der Waals surface area contributed by atoms with E-state index in [1.54, 1.807) is 0 Å². The molecule has 8 atom stereocenters. The number of ketones is 2. The molecule has 0 heterocycles. The minimum absolute atomic E-state index is 0.101. The minimum Gasteiger partial charge on any atom is -0.390 e. The fraction of sp³-hybridized carbons (Fsp3) is 0.636. The van der Waals surface area contributed by atoms with Gasteiger partial charge in [0.15, 0.2) is 0 Å². The first kappa shape index (κ1) is 19.7. The van der Waals surface area contributed by atoms with Crippen LogP contribution in [0.4, 0.5) is 0 Å². The summed E-state index contributed by atoms with van der Waals surface area (Å²) in [6, 6.07) is 0. The van der Waals surface area contributed by atoms with Crippen molar-refractivity contribution in [1.82, 2.24) is 0 Å². The van der Waals surface area contributed by atoms with Gasteiger partial charge in [-0.15, -0.1) is 0 Å². The highest BCUT2D eigenvalue weighted by molar-refractivity contribution is 5.86. The topological polar surface area (TPSA) is 115 Å². The third-order valence-electron chi connectivity index (χ3n) is 7.07. The van der Waals surface area contributed by atoms with Crippen LogP contribution >= 0.6 is 0 Å². The molecule has 0 aliphatic heterocycles. The summed E-state index contributed by atoms with van der Waals surface area (Å²) >= 11 is 0. The molecular weight excluding hydrogens is 360 g/mol. The molecule has 0 amide bonds. The smallest absolute Gasteiger partial charge is 0.140 e. The van der Waals surface area contributed by atoms with Gasteiger partial charge in [-0.3, -0.25) is 9.59 Å². The molecule has 6 heteroatoms. The van der Waals surface area contributed by atoms with Gasteiger partial charge in [0.1, 0.15) is 11.6 Å². The quantitative estimate of drug-likeness (QED) is 0.557. The molecule has 0 aromatic carbocycles. The van der Waals surface area contributed by atoms with Crippen molar-refractivity contribution in [3.05, 3.63) is 35.5 Å². The predicted octanol–water partition coefficient (Wildman–Crippen LogP) is 0.837. The highest BCUT2D eigenvalue weighted by Crippen LogP contribution is 2.42. The maximum absolute atomic E-state index is 12.3. The molecule has 0 radical (unpaired) electrons. The summed E-state index contributed by atoms with van der Waals surface area (Å²) in [7, 11) is 0. The van der Waals surface area contributed by atoms with Crippen LogP contribution in [0.5, 0.6) is 0 Å². The third-order valence-corrected chi connectivity index (χ3v) is 7.07. The summed E-state index contributed by atoms with van der Waals surface area (Å²) in [5.74, 6) is -0.499. The fourth-order valence-corrected chi connectivity index (χ4v) is 5.39. The minimum atomic E-state index is -0.850. The number of rotatable bonds is 2. The second-order valence-electron chi connectivity index (χ2n) is 8.72. The van der Waals surface area contributed by atoms with Crippen LogP contribution in [0, 0.1) is 23.7 Å². The number of hydrogen-bond donors (Lipinski definition) is 4. The van der Waals surface area contributed by atoms with Gasteiger partial charge in [-0.1, -0.05) is 24.3 Å². The number of hydrogen-bond acceptors (Lipinski definition) is 6. The van der Waals surface area contributed by atoms with Crippen molar-refractivity contribution in [2.45, 2.75) is 62.9 Å². The summed E-state index contributed by atoms with van der Waals surface area (Å²) in [5.41, 5.74) is 1.97. The van der Waals surface area contributed by atoms with Crippen LogP contribution in [0.25, 0.3) is 0 Å². The average Bonchev–Trinajstić information content (AvgIpc) is 2.66. The van der Waals surface area contributed by atoms with Gasteiger partial charge >= 0.3 is 0 Å². The van der Waals surface area contributed by atoms with Gasteiger partial charge in [0.25, 0.3) is 0 Å². The van der Waals surface area contributed by atoms with Gasteiger partial charge in [0, 0.05) is 24.7 Å². The standard InChI is InChI=1S/C22H28O6/c23-17-5-3-11(13-7-19(25)21(27)9-15(13)17)1-2-12-4-6-18(24)16-10-22(28)20(26)8-14(12)16/h1-4,13-16,19-22,25-28H,5-10H2/b2-1+. The lowest BCUT2D eigenvalue weighted by molar-refractivity contribution is -0.130. The number of allylic oxidation sites excluding steroid dienone is 6. The summed E-state index contributed by atoms with van der Waals surface area (Å²) in [5, 5.41) is 40.0. The molecule has 0 aromatic heterocycles. The average molecular weight is 388 g/mol. The number of fused-ring (bicyclic) bond motifs is 2. The van der Waals surface area contributed by atoms with E-state index in [1.165, 1.54) is 0 Å². The molecule has 4 aliphatic carbocycles. The van der Waals surface area contributed by atoms with Crippen molar-refractivity contribution >= 4 is 11.6 Å². The van der Waals surface area contributed by atoms with Crippen LogP contribution in [0.1, 0.15) is 38.5 Å². The number of carbonyl (C=O) groups is 2. The molecule has 8 unspecified atom stereocenters. The van der Waals surface area contributed by atoms with Crippen molar-refractivity contribution in [2.24, 2.45) is 23.7 Å². The van der Waals surface area contributed by atoms with E-state index < -0.39 is 24.4 Å². The van der Waals surface area contributed by atoms with Gasteiger partial charge in [-0.25, -0.2) is 0 Å². The summed E-state index contributed by atoms with van der Waals surface area (Å²) in [4.78, 5) is 24.5. The molecule has 152 valence electrons. The van der Waals surface area contributed by atoms with Crippen LogP contribution in [0.15, 0.2) is 35.5 Å². The Morgan fingerprint density at radius 1 is 0.607 bits per heavy atom. The number of aliphatic hydroxyl groups excluding tert-OH is 4. The summed E-state index contributed by atoms with van der Waals surface area (Å²) in [6.07, 6.45) is 6.35. The molecule has 4 rings (SSSR count). The molecule has 0 spiro atoms. The second-order valence-corrected chi connectivity index (χ2v) is 8.72. The zero-order chi connectivity index (χ0) is 20.0. The van der Waals surface area contributed by atoms with E-state index in [0.717, 1.165) is 11.1 Å². The van der Waals surface area contributed by atoms with Gasteiger partial charge in [0.2, 0.25) is 0 Å². The largest absolute Gasteiger partial charge is 0.390 e. The molecular formula is C22H28O6. The Morgan fingerprint density at radius 2 is 0.929 bits per heavy atom. The maximum atomic E-state index is 12.3. The molecule has 28 heavy (non-hydrogen) atoms. The van der Waals surface area contributed by atoms with Gasteiger partial charge < -0.3 is 20.4 Å². The van der Waals surface area contributed by atoms with E-state index in [2.05, 4.69) is 0 Å². The van der Waals surface area contributed by atoms with Gasteiger partial charge in [-0.05, 0) is 48.7 Å². The fourth-order valence-electron chi connectivity index (χ4n) is 5.39. The van der Waals surface area contributed by atoms with Crippen LogP contribution in [-0.2, 0) is 9.59 Å². The lowest BCUT2D eigenvalue weighted by Crippen LogP contribution is -2.44. The van der Waals surface area contributed by atoms with Crippen LogP contribution in [0.3, 0.4) is 0 Å². The van der Waals surface area contributed by atoms with Crippen molar-refractivity contribution in [1.29, 1.82) is 0 Å². The van der Waals surface area contributed by atoms with Crippen LogP contribution in [0.2, 0.25) is 0 Å². The van der Waals surface area contributed by atoms with E-state index in [1.807, 2.05) is 24.3 Å². The number of Topliss-reactive ketones (excluding diaryl/α,β-unsaturated/α-hetero) is 2. The Morgan fingerprint density at radius 3 is 1.29 bits per heavy atom. The van der Waals surface area contributed by atoms with E-state index in [-0.39, 0.29) is 35.2 Å². The van der Waals surface area contributed by atoms with Crippen molar-refractivity contribution < 1.29 is 30.0 Å². The van der Waals surface area contributed by atoms with Crippen molar-refractivity contribution in [3.63, 3.8) is 0 Å². The Balaban J connectivity index is 1.55. The molecule has 2 saturated carbocycles. The third kappa shape index (κ3) is 3.54. The zero-order valence-corrected chi connectivity index (χ0v) is 15.8. The van der Waals surface area contributed by atoms with E-state index in [9.17, 15) is 30.0 Å². The molecule has 2 fully saturated rings. The molecule has 6 nitrogen and oxygen atoms in total. The Bertz CT molecular complexity index is 688. The highest BCUT2D eigenvalue weighted by Gasteiger charge is 2.43. The van der Waals surface area contributed by atoms with Crippen LogP contribution in [-0.4, -0.2) is 56.4 Å². The SMILES string of the molecule is O=C1CC=C(/C=C/C2=CCC(=O)C3CC(O)C(O)CC23)C2CC(O)C(O)CC12. The molecule has 4 aliphatic rings. The Kier molecular flexibility index (Phi) is 5.40. The Hall–Kier alpha value is -1.60. The first-order valence-corrected chi connectivity index (χ1v) is 10.2. The molecule has 0 bridgehead atoms. The van der Waals surface area contributed by atoms with E-state index in [4.69, 9.17) is 0 Å². The predicted molar refractivity (Wildman–Crippen MR) is 101 cm³/mol. The highest BCUT2D eigenvalue weighted by atomic mass is 16.3. The van der Waals surface area contributed by atoms with E-state index >= 15 is 0 Å². The monoisotopic (exact) mass is 388 g/mol. The molecule has 0 aromatic rings. The summed E-state index contributed by atoms with van der Waals surface area (Å²) < 4.78 is 0. The first-order valence-electron chi connectivity index (χ1n) is 10.2. The van der Waals surface area contributed by atoms with E-state index in [0.29, 0.717) is 38.5 Å². The molecule has 0 saturated heterocycles. The maximum Gasteiger partial charge on any atom is 0.140 e. The first-order chi connectivity index (χ1) is 13.3. The summed E-state index contributed by atoms with van der Waals surface area (Å²) in [6.45, 7) is 0. The van der Waals surface area contributed by atoms with Crippen LogP contribution < -0.4 is 0 Å². The lowest BCUT2D eigenvalue weighted by atomic mass is 9.66. The van der Waals surface area contributed by atoms with Gasteiger partial charge in [-0.2, -0.15) is 0 Å². The van der Waals surface area contributed by atoms with Gasteiger partial charge in [0.05, 0.1) is 24.4 Å². The van der Waals surface area contributed by atoms with Crippen molar-refractivity contribution in [2.75, 3.05) is 0 Å². The zero-order valence-electron chi connectivity index (χ0n) is 15.8. The van der Waals surface area contributed by atoms with Crippen molar-refractivity contribution in [3.8, 4) is 0 Å². The molecule has 4 N–H and O–H groups in total. The lowest BCUT2D eigenvalue weighted by Gasteiger charge is -2.40. The number of aliphatic hydroxyl groups is 4.